The van der Waals surface area contributed by atoms with E-state index in [0.717, 1.165) is 26.1 Å². The number of benzene rings is 2. The molecule has 1 saturated heterocycles. The number of carboxylic acid groups (broad SMARTS) is 1. The van der Waals surface area contributed by atoms with E-state index < -0.39 is 17.4 Å². The predicted molar refractivity (Wildman–Crippen MR) is 128 cm³/mol. The molecule has 2 aliphatic rings. The lowest BCUT2D eigenvalue weighted by Gasteiger charge is -2.36. The summed E-state index contributed by atoms with van der Waals surface area (Å²) in [5.74, 6) is 0.524. The van der Waals surface area contributed by atoms with Crippen LogP contribution in [0.4, 0.5) is 0 Å². The summed E-state index contributed by atoms with van der Waals surface area (Å²) in [6.07, 6.45) is 3.12. The van der Waals surface area contributed by atoms with E-state index >= 15 is 0 Å². The van der Waals surface area contributed by atoms with Crippen molar-refractivity contribution in [1.82, 2.24) is 5.32 Å². The molecule has 0 unspecified atom stereocenters. The molecule has 7 nitrogen and oxygen atoms in total. The van der Waals surface area contributed by atoms with Gasteiger partial charge in [0.2, 0.25) is 0 Å². The first-order valence-corrected chi connectivity index (χ1v) is 11.9. The van der Waals surface area contributed by atoms with Gasteiger partial charge in [-0.25, -0.2) is 4.79 Å². The van der Waals surface area contributed by atoms with Gasteiger partial charge >= 0.3 is 5.97 Å². The second-order valence-corrected chi connectivity index (χ2v) is 9.47. The normalized spacial score (nSPS) is 22.5. The first-order valence-electron chi connectivity index (χ1n) is 11.9. The first-order chi connectivity index (χ1) is 16.4. The molecule has 0 bridgehead atoms. The van der Waals surface area contributed by atoms with E-state index in [0.29, 0.717) is 54.8 Å². The number of nitrogens with one attached hydrogen (secondary N) is 1. The Labute approximate surface area is 200 Å². The van der Waals surface area contributed by atoms with Crippen LogP contribution < -0.4 is 14.8 Å². The molecule has 1 amide bonds. The highest BCUT2D eigenvalue weighted by Gasteiger charge is 2.42. The minimum absolute atomic E-state index is 0.349. The largest absolute Gasteiger partial charge is 0.493 e. The average molecular weight is 468 g/mol. The molecule has 0 spiro atoms. The molecule has 7 heteroatoms. The molecule has 2 aromatic carbocycles. The highest BCUT2D eigenvalue weighted by atomic mass is 16.5. The molecule has 0 atom stereocenters. The van der Waals surface area contributed by atoms with Gasteiger partial charge in [-0.2, -0.15) is 0 Å². The topological polar surface area (TPSA) is 94.1 Å². The quantitative estimate of drug-likeness (QED) is 0.574. The van der Waals surface area contributed by atoms with Crippen LogP contribution in [0.25, 0.3) is 0 Å². The van der Waals surface area contributed by atoms with Gasteiger partial charge in [-0.05, 0) is 60.9 Å². The zero-order valence-electron chi connectivity index (χ0n) is 19.8. The molecule has 2 aromatic rings. The average Bonchev–Trinajstić information content (AvgIpc) is 2.79. The van der Waals surface area contributed by atoms with Crippen LogP contribution in [-0.4, -0.2) is 49.5 Å². The zero-order valence-corrected chi connectivity index (χ0v) is 19.8. The Hall–Kier alpha value is -3.06. The van der Waals surface area contributed by atoms with Crippen LogP contribution in [0, 0.1) is 5.92 Å². The Balaban J connectivity index is 1.42. The molecule has 0 aromatic heterocycles. The van der Waals surface area contributed by atoms with Crippen LogP contribution in [0.3, 0.4) is 0 Å². The van der Waals surface area contributed by atoms with Gasteiger partial charge in [0, 0.05) is 17.9 Å². The molecule has 2 N–H and O–H groups in total. The third kappa shape index (κ3) is 5.36. The Morgan fingerprint density at radius 1 is 1.12 bits per heavy atom. The van der Waals surface area contributed by atoms with E-state index in [1.807, 2.05) is 0 Å². The smallest absolute Gasteiger partial charge is 0.329 e. The van der Waals surface area contributed by atoms with E-state index in [9.17, 15) is 14.7 Å². The third-order valence-electron chi connectivity index (χ3n) is 7.02. The van der Waals surface area contributed by atoms with Crippen LogP contribution in [0.1, 0.15) is 60.0 Å². The van der Waals surface area contributed by atoms with Crippen molar-refractivity contribution in [2.45, 2.75) is 50.5 Å². The fourth-order valence-electron chi connectivity index (χ4n) is 4.58. The molecule has 1 aliphatic carbocycles. The number of hydrogen-bond acceptors (Lipinski definition) is 5. The maximum Gasteiger partial charge on any atom is 0.329 e. The molecule has 1 saturated carbocycles. The molecule has 2 fully saturated rings. The van der Waals surface area contributed by atoms with Crippen molar-refractivity contribution < 1.29 is 28.9 Å². The van der Waals surface area contributed by atoms with E-state index in [1.54, 1.807) is 25.3 Å². The molecule has 1 heterocycles. The van der Waals surface area contributed by atoms with Gasteiger partial charge in [0.15, 0.2) is 11.5 Å². The number of carboxylic acids is 1. The van der Waals surface area contributed by atoms with Crippen molar-refractivity contribution in [3.8, 4) is 11.5 Å². The predicted octanol–water partition coefficient (Wildman–Crippen LogP) is 4.19. The summed E-state index contributed by atoms with van der Waals surface area (Å²) >= 11 is 0. The van der Waals surface area contributed by atoms with Crippen molar-refractivity contribution in [1.29, 1.82) is 0 Å². The maximum atomic E-state index is 13.0. The number of hydrogen-bond donors (Lipinski definition) is 2. The number of rotatable bonds is 9. The van der Waals surface area contributed by atoms with Crippen molar-refractivity contribution in [2.75, 3.05) is 26.9 Å². The standard InChI is InChI=1S/C27H33NO6/c1-18-8-11-27(12-9-18,26(30)31)28-25(29)21-6-7-23(32-2)24(15-21)34-13-10-19-4-3-5-20(14-19)22-16-33-17-22/h3-7,14-15,18,22H,8-13,16-17H2,1-2H3,(H,28,29)(H,30,31)/t18-,27+. The molecule has 1 aliphatic heterocycles. The van der Waals surface area contributed by atoms with Crippen LogP contribution in [0.2, 0.25) is 0 Å². The second-order valence-electron chi connectivity index (χ2n) is 9.47. The van der Waals surface area contributed by atoms with Gasteiger partial charge in [-0.1, -0.05) is 31.2 Å². The number of amides is 1. The van der Waals surface area contributed by atoms with Gasteiger partial charge in [-0.3, -0.25) is 4.79 Å². The van der Waals surface area contributed by atoms with E-state index in [-0.39, 0.29) is 0 Å². The summed E-state index contributed by atoms with van der Waals surface area (Å²) in [5.41, 5.74) is 1.58. The van der Waals surface area contributed by atoms with Gasteiger partial charge in [-0.15, -0.1) is 0 Å². The van der Waals surface area contributed by atoms with Crippen molar-refractivity contribution in [3.63, 3.8) is 0 Å². The van der Waals surface area contributed by atoms with Gasteiger partial charge in [0.1, 0.15) is 5.54 Å². The summed E-state index contributed by atoms with van der Waals surface area (Å²) in [4.78, 5) is 25.0. The summed E-state index contributed by atoms with van der Waals surface area (Å²) in [5, 5.41) is 12.6. The number of carbonyl (C=O) groups excluding carboxylic acids is 1. The SMILES string of the molecule is COc1ccc(C(=O)N[C@]2(C(=O)O)CC[C@H](C)CC2)cc1OCCc1cccc(C2COC2)c1. The van der Waals surface area contributed by atoms with Gasteiger partial charge in [0.25, 0.3) is 5.91 Å². The van der Waals surface area contributed by atoms with E-state index in [4.69, 9.17) is 14.2 Å². The monoisotopic (exact) mass is 467 g/mol. The highest BCUT2D eigenvalue weighted by molar-refractivity contribution is 5.98. The number of carbonyl (C=O) groups is 2. The lowest BCUT2D eigenvalue weighted by Crippen LogP contribution is -2.56. The van der Waals surface area contributed by atoms with Crippen LogP contribution in [-0.2, 0) is 16.0 Å². The van der Waals surface area contributed by atoms with E-state index in [1.165, 1.54) is 11.1 Å². The lowest BCUT2D eigenvalue weighted by atomic mass is 9.77. The fourth-order valence-corrected chi connectivity index (χ4v) is 4.58. The minimum Gasteiger partial charge on any atom is -0.493 e. The minimum atomic E-state index is -1.22. The molecule has 0 radical (unpaired) electrons. The highest BCUT2D eigenvalue weighted by Crippen LogP contribution is 2.33. The molecular weight excluding hydrogens is 434 g/mol. The van der Waals surface area contributed by atoms with E-state index in [2.05, 4.69) is 36.5 Å². The number of aliphatic carboxylic acids is 1. The Morgan fingerprint density at radius 2 is 1.88 bits per heavy atom. The summed E-state index contributed by atoms with van der Waals surface area (Å²) in [7, 11) is 1.55. The van der Waals surface area contributed by atoms with Crippen molar-refractivity contribution in [2.24, 2.45) is 5.92 Å². The second kappa shape index (κ2) is 10.5. The van der Waals surface area contributed by atoms with Gasteiger partial charge < -0.3 is 24.6 Å². The Bertz CT molecular complexity index is 1020. The maximum absolute atomic E-state index is 13.0. The molecule has 4 rings (SSSR count). The zero-order chi connectivity index (χ0) is 24.1. The summed E-state index contributed by atoms with van der Waals surface area (Å²) in [6.45, 7) is 4.07. The molecule has 182 valence electrons. The molecular formula is C27H33NO6. The lowest BCUT2D eigenvalue weighted by molar-refractivity contribution is -0.146. The molecule has 34 heavy (non-hydrogen) atoms. The van der Waals surface area contributed by atoms with Crippen LogP contribution in [0.5, 0.6) is 11.5 Å². The summed E-state index contributed by atoms with van der Waals surface area (Å²) in [6, 6.07) is 13.4. The van der Waals surface area contributed by atoms with Crippen LogP contribution in [0.15, 0.2) is 42.5 Å². The van der Waals surface area contributed by atoms with Gasteiger partial charge in [0.05, 0.1) is 26.9 Å². The summed E-state index contributed by atoms with van der Waals surface area (Å²) < 4.78 is 16.7. The fraction of sp³-hybridized carbons (Fsp3) is 0.481. The van der Waals surface area contributed by atoms with Crippen molar-refractivity contribution >= 4 is 11.9 Å². The van der Waals surface area contributed by atoms with Crippen LogP contribution >= 0.6 is 0 Å². The third-order valence-corrected chi connectivity index (χ3v) is 7.02. The number of methoxy groups -OCH3 is 1. The number of ether oxygens (including phenoxy) is 3. The van der Waals surface area contributed by atoms with Crippen molar-refractivity contribution in [3.05, 3.63) is 59.2 Å². The Kier molecular flexibility index (Phi) is 7.41. The Morgan fingerprint density at radius 3 is 2.53 bits per heavy atom. The first kappa shape index (κ1) is 24.1.